The molecule has 2 aromatic heterocycles. The van der Waals surface area contributed by atoms with Crippen molar-refractivity contribution in [3.63, 3.8) is 0 Å². The maximum absolute atomic E-state index is 15.1. The van der Waals surface area contributed by atoms with E-state index < -0.39 is 70.9 Å². The molecule has 2 unspecified atom stereocenters. The molecule has 0 fully saturated rings. The maximum Gasteiger partial charge on any atom is 0.419 e. The average Bonchev–Trinajstić information content (AvgIpc) is 3.63. The lowest BCUT2D eigenvalue weighted by Gasteiger charge is -2.32. The molecule has 0 radical (unpaired) electrons. The highest BCUT2D eigenvalue weighted by Gasteiger charge is 2.35. The fourth-order valence-corrected chi connectivity index (χ4v) is 9.30. The summed E-state index contributed by atoms with van der Waals surface area (Å²) in [6.07, 6.45) is 3.25. The van der Waals surface area contributed by atoms with Crippen LogP contribution in [0.3, 0.4) is 0 Å². The third kappa shape index (κ3) is 16.7. The van der Waals surface area contributed by atoms with Gasteiger partial charge >= 0.3 is 18.3 Å². The van der Waals surface area contributed by atoms with Crippen LogP contribution in [0.2, 0.25) is 0 Å². The second-order valence-corrected chi connectivity index (χ2v) is 22.1. The zero-order valence-electron chi connectivity index (χ0n) is 42.0. The Morgan fingerprint density at radius 2 is 1.41 bits per heavy atom. The van der Waals surface area contributed by atoms with E-state index in [-0.39, 0.29) is 45.4 Å². The van der Waals surface area contributed by atoms with Gasteiger partial charge in [0, 0.05) is 66.8 Å². The van der Waals surface area contributed by atoms with E-state index in [0.29, 0.717) is 40.8 Å². The molecule has 0 aliphatic carbocycles. The molecule has 1 aliphatic rings. The lowest BCUT2D eigenvalue weighted by molar-refractivity contribution is -0.142. The highest BCUT2D eigenvalue weighted by Crippen LogP contribution is 2.35. The molecule has 0 saturated heterocycles. The first-order valence-electron chi connectivity index (χ1n) is 23.6. The number of nitrogens with zero attached hydrogens (tertiary/aromatic N) is 3. The first kappa shape index (κ1) is 55.3. The molecule has 5 amide bonds. The van der Waals surface area contributed by atoms with Gasteiger partial charge in [0.15, 0.2) is 0 Å². The Morgan fingerprint density at radius 1 is 0.771 bits per heavy atom. The summed E-state index contributed by atoms with van der Waals surface area (Å²) in [7, 11) is 1.54. The molecule has 0 spiro atoms. The van der Waals surface area contributed by atoms with Crippen molar-refractivity contribution in [3.05, 3.63) is 88.2 Å². The van der Waals surface area contributed by atoms with Gasteiger partial charge in [-0.3, -0.25) is 19.0 Å². The Morgan fingerprint density at radius 3 is 2.09 bits per heavy atom. The van der Waals surface area contributed by atoms with E-state index in [1.807, 2.05) is 42.5 Å². The van der Waals surface area contributed by atoms with Crippen LogP contribution in [0.15, 0.2) is 81.4 Å². The predicted molar refractivity (Wildman–Crippen MR) is 272 cm³/mol. The third-order valence-electron chi connectivity index (χ3n) is 10.9. The highest BCUT2D eigenvalue weighted by atomic mass is 79.9. The number of aromatic nitrogens is 2. The monoisotopic (exact) mass is 1050 g/mol. The average molecular weight is 1050 g/mol. The summed E-state index contributed by atoms with van der Waals surface area (Å²) in [5.74, 6) is -1.46. The fourth-order valence-electron chi connectivity index (χ4n) is 7.62. The van der Waals surface area contributed by atoms with E-state index in [2.05, 4.69) is 42.5 Å². The molecule has 5 N–H and O–H groups in total. The molecular formula is C51H69BrN8O9S. The number of rotatable bonds is 11. The van der Waals surface area contributed by atoms with Crippen molar-refractivity contribution in [3.8, 4) is 0 Å². The minimum absolute atomic E-state index is 0.00541. The van der Waals surface area contributed by atoms with Crippen LogP contribution >= 0.6 is 27.7 Å². The number of fused-ring (bicyclic) bond motifs is 3. The minimum atomic E-state index is -1.14. The van der Waals surface area contributed by atoms with Gasteiger partial charge in [0.2, 0.25) is 17.7 Å². The maximum atomic E-state index is 15.1. The Hall–Kier alpha value is -5.66. The van der Waals surface area contributed by atoms with Crippen molar-refractivity contribution in [2.45, 2.75) is 159 Å². The number of halogens is 1. The number of nitrogens with one attached hydrogen (secondary N) is 5. The number of carbonyl (C=O) groups is 6. The summed E-state index contributed by atoms with van der Waals surface area (Å²) in [6, 6.07) is 13.7. The Kier molecular flexibility index (Phi) is 19.3. The molecule has 0 bridgehead atoms. The second kappa shape index (κ2) is 24.4. The van der Waals surface area contributed by atoms with Crippen LogP contribution in [-0.4, -0.2) is 106 Å². The number of likely N-dealkylation sites (N-methyl/N-ethyl adjacent to an activating group) is 1. The van der Waals surface area contributed by atoms with Crippen molar-refractivity contribution >= 4 is 74.6 Å². The lowest BCUT2D eigenvalue weighted by atomic mass is 10.0. The summed E-state index contributed by atoms with van der Waals surface area (Å²) < 4.78 is 18.7. The van der Waals surface area contributed by atoms with Crippen molar-refractivity contribution in [1.82, 2.24) is 41.0 Å². The molecule has 5 rings (SSSR count). The molecule has 3 atom stereocenters. The van der Waals surface area contributed by atoms with Crippen LogP contribution in [0.1, 0.15) is 111 Å². The van der Waals surface area contributed by atoms with E-state index in [1.54, 1.807) is 86.8 Å². The van der Waals surface area contributed by atoms with E-state index in [4.69, 9.17) is 19.2 Å². The molecule has 380 valence electrons. The number of pyridine rings is 1. The van der Waals surface area contributed by atoms with Gasteiger partial charge in [-0.1, -0.05) is 58.0 Å². The topological polar surface area (TPSA) is 211 Å². The highest BCUT2D eigenvalue weighted by molar-refractivity contribution is 9.10. The Labute approximate surface area is 423 Å². The van der Waals surface area contributed by atoms with E-state index >= 15 is 4.79 Å². The molecule has 17 nitrogen and oxygen atoms in total. The molecule has 70 heavy (non-hydrogen) atoms. The normalized spacial score (nSPS) is 17.6. The quantitative estimate of drug-likeness (QED) is 0.0709. The van der Waals surface area contributed by atoms with E-state index in [9.17, 15) is 24.0 Å². The summed E-state index contributed by atoms with van der Waals surface area (Å²) >= 11 is 5.13. The summed E-state index contributed by atoms with van der Waals surface area (Å²) in [5, 5.41) is 16.4. The summed E-state index contributed by atoms with van der Waals surface area (Å²) in [5.41, 5.74) is 0.623. The van der Waals surface area contributed by atoms with Crippen LogP contribution in [-0.2, 0) is 48.1 Å². The molecule has 2 aromatic carbocycles. The van der Waals surface area contributed by atoms with E-state index in [0.717, 1.165) is 20.5 Å². The number of hydrogen-bond donors (Lipinski definition) is 5. The zero-order chi connectivity index (χ0) is 51.4. The van der Waals surface area contributed by atoms with Crippen LogP contribution in [0.25, 0.3) is 10.9 Å². The van der Waals surface area contributed by atoms with Gasteiger partial charge in [-0.15, -0.1) is 0 Å². The first-order chi connectivity index (χ1) is 32.9. The first-order valence-corrected chi connectivity index (χ1v) is 25.2. The van der Waals surface area contributed by atoms with Gasteiger partial charge in [-0.25, -0.2) is 19.4 Å². The number of amides is 5. The van der Waals surface area contributed by atoms with Crippen LogP contribution < -0.4 is 26.6 Å². The minimum Gasteiger partial charge on any atom is -0.444 e. The Bertz CT molecular complexity index is 2500. The Balaban J connectivity index is 1.55. The smallest absolute Gasteiger partial charge is 0.419 e. The summed E-state index contributed by atoms with van der Waals surface area (Å²) in [6.45, 7) is 16.8. The SMILES string of the molecule is CN1C(=O)C(CCCCNC(=O)OC(C)(C)C)NC(=O)[C@H](CCCNC(=O)OC(C)(C)C)NCc2cccnc2Sc2cccc(Br)c2CNC(=O)C1Cc1cn(C(=O)OC(C)(C)C)c2ccccc12. The van der Waals surface area contributed by atoms with Gasteiger partial charge in [0.25, 0.3) is 0 Å². The van der Waals surface area contributed by atoms with Crippen molar-refractivity contribution in [1.29, 1.82) is 0 Å². The zero-order valence-corrected chi connectivity index (χ0v) is 44.4. The van der Waals surface area contributed by atoms with Crippen LogP contribution in [0.5, 0.6) is 0 Å². The lowest BCUT2D eigenvalue weighted by Crippen LogP contribution is -2.57. The number of para-hydroxylation sites is 1. The van der Waals surface area contributed by atoms with Crippen LogP contribution in [0.4, 0.5) is 14.4 Å². The van der Waals surface area contributed by atoms with Gasteiger partial charge in [0.05, 0.1) is 11.6 Å². The van der Waals surface area contributed by atoms with E-state index in [1.165, 1.54) is 28.3 Å². The number of benzene rings is 2. The molecule has 1 aliphatic heterocycles. The van der Waals surface area contributed by atoms with Crippen molar-refractivity contribution in [2.24, 2.45) is 0 Å². The standard InChI is InChI=1S/C51H69BrN8O9S/c1-49(2,3)67-46(64)54-25-14-13-21-38-45(63)59(10)40(28-33-31-60(48(66)69-51(7,8)9)39-23-12-11-19-34(33)39)43(62)57-30-35-36(52)20-15-24-41(35)70-44-32(18-16-26-53-44)29-56-37(42(61)58-38)22-17-27-55-47(65)68-50(4,5)6/h11-12,15-16,18-20,23-24,26,31,37-38,40,56H,13-14,17,21-22,25,27-30H2,1-10H3,(H,54,64)(H,55,65)(H,57,62)(H,58,61)/t37-,38?,40?/m0/s1. The van der Waals surface area contributed by atoms with Gasteiger partial charge < -0.3 is 45.7 Å². The number of alkyl carbamates (subject to hydrolysis) is 2. The van der Waals surface area contributed by atoms with Gasteiger partial charge in [-0.2, -0.15) is 0 Å². The number of carbonyl (C=O) groups excluding carboxylic acids is 6. The molecule has 0 saturated carbocycles. The predicted octanol–water partition coefficient (Wildman–Crippen LogP) is 8.38. The third-order valence-corrected chi connectivity index (χ3v) is 12.8. The summed E-state index contributed by atoms with van der Waals surface area (Å²) in [4.78, 5) is 90.0. The van der Waals surface area contributed by atoms with Crippen LogP contribution in [0, 0.1) is 0 Å². The van der Waals surface area contributed by atoms with Gasteiger partial charge in [0.1, 0.15) is 33.9 Å². The van der Waals surface area contributed by atoms with Gasteiger partial charge in [-0.05, 0) is 135 Å². The molecular weight excluding hydrogens is 981 g/mol. The number of ether oxygens (including phenoxy) is 3. The molecule has 3 heterocycles. The second-order valence-electron chi connectivity index (χ2n) is 20.2. The largest absolute Gasteiger partial charge is 0.444 e. The number of unbranched alkanes of at least 4 members (excludes halogenated alkanes) is 1. The molecule has 4 aromatic rings. The fraction of sp³-hybridized carbons (Fsp3) is 0.510. The van der Waals surface area contributed by atoms with Crippen molar-refractivity contribution < 1.29 is 43.0 Å². The number of hydrogen-bond acceptors (Lipinski definition) is 12. The van der Waals surface area contributed by atoms with Crippen molar-refractivity contribution in [2.75, 3.05) is 20.1 Å². The molecule has 19 heteroatoms.